The van der Waals surface area contributed by atoms with E-state index in [0.717, 1.165) is 56.6 Å². The van der Waals surface area contributed by atoms with Crippen LogP contribution in [0.25, 0.3) is 87.6 Å². The van der Waals surface area contributed by atoms with E-state index < -0.39 is 54.4 Å². The molecule has 0 saturated heterocycles. The van der Waals surface area contributed by atoms with E-state index in [9.17, 15) is 4.11 Å². The number of hydrogen-bond acceptors (Lipinski definition) is 1. The lowest BCUT2D eigenvalue weighted by molar-refractivity contribution is 0.672. The van der Waals surface area contributed by atoms with Gasteiger partial charge < -0.3 is 4.42 Å². The van der Waals surface area contributed by atoms with Crippen molar-refractivity contribution in [2.75, 3.05) is 0 Å². The van der Waals surface area contributed by atoms with Crippen LogP contribution >= 0.6 is 0 Å². The van der Waals surface area contributed by atoms with Gasteiger partial charge >= 0.3 is 0 Å². The van der Waals surface area contributed by atoms with Crippen LogP contribution in [0.1, 0.15) is 43.2 Å². The minimum absolute atomic E-state index is 0.0158. The van der Waals surface area contributed by atoms with Crippen molar-refractivity contribution < 1.29 is 23.6 Å². The fraction of sp³-hybridized carbons (Fsp3) is 0.0870. The first-order valence-corrected chi connectivity index (χ1v) is 15.7. The van der Waals surface area contributed by atoms with E-state index >= 15 is 0 Å². The lowest BCUT2D eigenvalue weighted by atomic mass is 9.77. The summed E-state index contributed by atoms with van der Waals surface area (Å²) in [4.78, 5) is 0. The van der Waals surface area contributed by atoms with Crippen LogP contribution in [0.4, 0.5) is 0 Å². The Morgan fingerprint density at radius 2 is 1.15 bits per heavy atom. The topological polar surface area (TPSA) is 13.1 Å². The van der Waals surface area contributed by atoms with Gasteiger partial charge in [0.1, 0.15) is 11.2 Å². The summed E-state index contributed by atoms with van der Waals surface area (Å²) >= 11 is 0. The zero-order chi connectivity index (χ0) is 43.1. The molecular formula is C46H32O. The summed E-state index contributed by atoms with van der Waals surface area (Å²) < 4.78 is 128. The maximum atomic E-state index is 9.79. The quantitative estimate of drug-likeness (QED) is 0.193. The highest BCUT2D eigenvalue weighted by Gasteiger charge is 2.24. The molecule has 1 aliphatic rings. The van der Waals surface area contributed by atoms with Gasteiger partial charge in [-0.1, -0.05) is 115 Å². The first kappa shape index (κ1) is 16.3. The van der Waals surface area contributed by atoms with Gasteiger partial charge in [-0.2, -0.15) is 0 Å². The first-order chi connectivity index (χ1) is 29.1. The maximum Gasteiger partial charge on any atom is 0.143 e. The second-order valence-corrected chi connectivity index (χ2v) is 12.0. The highest BCUT2D eigenvalue weighted by atomic mass is 16.3. The Kier molecular flexibility index (Phi) is 3.61. The lowest BCUT2D eigenvalue weighted by Crippen LogP contribution is -2.08. The van der Waals surface area contributed by atoms with Gasteiger partial charge in [-0.25, -0.2) is 0 Å². The molecule has 0 unspecified atom stereocenters. The van der Waals surface area contributed by atoms with E-state index in [-0.39, 0.29) is 74.0 Å². The van der Waals surface area contributed by atoms with E-state index in [1.807, 2.05) is 48.5 Å². The molecule has 0 spiro atoms. The standard InChI is InChI=1S/C46H32O/c1-2-10-29(11-3-1)31-18-19-33-27-34(21-20-32(33)26-31)44-37-14-6-8-16-39(37)45(40-17-9-7-15-38(40)44)35-23-25-43-42(28-35)41-24-22-30-12-4-5-13-36(30)46(41)47-43/h1-6,8,10-14,16,18-28H,7,9,15,17H2/i1D,2D,3D,4D,5D,10D,11D,12D,13D,22D,23D,24D,25D,28D. The van der Waals surface area contributed by atoms with Crippen molar-refractivity contribution in [3.05, 3.63) is 156 Å². The van der Waals surface area contributed by atoms with Crippen molar-refractivity contribution >= 4 is 54.3 Å². The molecule has 0 fully saturated rings. The summed E-state index contributed by atoms with van der Waals surface area (Å²) in [6, 6.07) is 13.8. The van der Waals surface area contributed by atoms with Gasteiger partial charge in [-0.15, -0.1) is 0 Å². The summed E-state index contributed by atoms with van der Waals surface area (Å²) in [6.45, 7) is 0. The molecule has 0 amide bonds. The summed E-state index contributed by atoms with van der Waals surface area (Å²) in [5.41, 5.74) is 5.08. The Labute approximate surface area is 293 Å². The molecule has 47 heavy (non-hydrogen) atoms. The first-order valence-electron chi connectivity index (χ1n) is 22.7. The number of rotatable bonds is 3. The molecule has 222 valence electrons. The van der Waals surface area contributed by atoms with Crippen LogP contribution in [0, 0.1) is 0 Å². The van der Waals surface area contributed by atoms with Crippen LogP contribution in [0.2, 0.25) is 0 Å². The average molecular weight is 615 g/mol. The Morgan fingerprint density at radius 3 is 1.94 bits per heavy atom. The predicted octanol–water partition coefficient (Wildman–Crippen LogP) is 12.9. The van der Waals surface area contributed by atoms with Crippen LogP contribution < -0.4 is 0 Å². The van der Waals surface area contributed by atoms with E-state index in [2.05, 4.69) is 6.07 Å². The summed E-state index contributed by atoms with van der Waals surface area (Å²) in [7, 11) is 0. The minimum atomic E-state index is -0.552. The lowest BCUT2D eigenvalue weighted by Gasteiger charge is -2.26. The Morgan fingerprint density at radius 1 is 0.468 bits per heavy atom. The maximum absolute atomic E-state index is 9.79. The predicted molar refractivity (Wildman–Crippen MR) is 199 cm³/mol. The second-order valence-electron chi connectivity index (χ2n) is 12.0. The Balaban J connectivity index is 1.23. The third-order valence-corrected chi connectivity index (χ3v) is 9.39. The van der Waals surface area contributed by atoms with Crippen molar-refractivity contribution in [2.24, 2.45) is 0 Å². The number of fused-ring (bicyclic) bond motifs is 8. The summed E-state index contributed by atoms with van der Waals surface area (Å²) in [5.74, 6) is 0. The largest absolute Gasteiger partial charge is 0.455 e. The van der Waals surface area contributed by atoms with Crippen LogP contribution in [0.15, 0.2) is 150 Å². The fourth-order valence-corrected chi connectivity index (χ4v) is 7.30. The molecule has 0 aliphatic heterocycles. The van der Waals surface area contributed by atoms with Crippen molar-refractivity contribution in [1.82, 2.24) is 0 Å². The Hall–Kier alpha value is -5.66. The molecule has 0 saturated carbocycles. The SMILES string of the molecule is [2H]c1c([2H])c([2H])c(-c2ccc3cc(-c4c5c(c(-c6c([2H])c([2H])c7oc8c9c([2H])c([2H])c([2H])c([2H])c9c([2H])c([2H])c8c7c6[2H])c6ccccc46)CCCC5)ccc3c2)c([2H])c1[2H]. The third-order valence-electron chi connectivity index (χ3n) is 9.39. The molecule has 1 heterocycles. The van der Waals surface area contributed by atoms with Crippen molar-refractivity contribution in [2.45, 2.75) is 25.7 Å². The highest BCUT2D eigenvalue weighted by Crippen LogP contribution is 2.46. The second kappa shape index (κ2) is 10.4. The summed E-state index contributed by atoms with van der Waals surface area (Å²) in [6.07, 6.45) is 3.09. The normalized spacial score (nSPS) is 17.4. The van der Waals surface area contributed by atoms with Gasteiger partial charge in [-0.05, 0) is 127 Å². The van der Waals surface area contributed by atoms with E-state index in [1.165, 1.54) is 0 Å². The molecule has 10 rings (SSSR count). The van der Waals surface area contributed by atoms with Gasteiger partial charge in [0, 0.05) is 16.2 Å². The molecular weight excluding hydrogens is 569 g/mol. The molecule has 1 heteroatoms. The van der Waals surface area contributed by atoms with E-state index in [1.54, 1.807) is 6.07 Å². The number of hydrogen-bond donors (Lipinski definition) is 0. The molecule has 9 aromatic rings. The monoisotopic (exact) mass is 614 g/mol. The van der Waals surface area contributed by atoms with Gasteiger partial charge in [-0.3, -0.25) is 0 Å². The zero-order valence-electron chi connectivity index (χ0n) is 39.0. The van der Waals surface area contributed by atoms with Crippen LogP contribution in [0.3, 0.4) is 0 Å². The van der Waals surface area contributed by atoms with E-state index in [4.69, 9.17) is 19.5 Å². The van der Waals surface area contributed by atoms with E-state index in [0.29, 0.717) is 24.0 Å². The van der Waals surface area contributed by atoms with Gasteiger partial charge in [0.15, 0.2) is 0 Å². The molecule has 0 N–H and O–H groups in total. The van der Waals surface area contributed by atoms with Crippen molar-refractivity contribution in [3.8, 4) is 33.4 Å². The fourth-order valence-electron chi connectivity index (χ4n) is 7.30. The van der Waals surface area contributed by atoms with Gasteiger partial charge in [0.2, 0.25) is 0 Å². The molecule has 0 bridgehead atoms. The molecule has 0 radical (unpaired) electrons. The van der Waals surface area contributed by atoms with Gasteiger partial charge in [0.05, 0.1) is 19.2 Å². The Bertz CT molecular complexity index is 3450. The zero-order valence-corrected chi connectivity index (χ0v) is 25.0. The van der Waals surface area contributed by atoms with Crippen LogP contribution in [0.5, 0.6) is 0 Å². The smallest absolute Gasteiger partial charge is 0.143 e. The molecule has 1 nitrogen and oxygen atoms in total. The van der Waals surface area contributed by atoms with Crippen LogP contribution in [-0.2, 0) is 12.8 Å². The molecule has 1 aromatic heterocycles. The average Bonchev–Trinajstić information content (AvgIpc) is 3.67. The third kappa shape index (κ3) is 4.16. The molecule has 1 aliphatic carbocycles. The number of furan rings is 1. The van der Waals surface area contributed by atoms with Gasteiger partial charge in [0.25, 0.3) is 0 Å². The van der Waals surface area contributed by atoms with Crippen molar-refractivity contribution in [1.29, 1.82) is 0 Å². The highest BCUT2D eigenvalue weighted by molar-refractivity contribution is 6.16. The van der Waals surface area contributed by atoms with Crippen LogP contribution in [-0.4, -0.2) is 0 Å². The molecule has 0 atom stereocenters. The number of benzene rings is 8. The summed E-state index contributed by atoms with van der Waals surface area (Å²) in [5, 5.41) is 3.04. The minimum Gasteiger partial charge on any atom is -0.455 e. The van der Waals surface area contributed by atoms with Crippen molar-refractivity contribution in [3.63, 3.8) is 0 Å². The molecule has 8 aromatic carbocycles.